The van der Waals surface area contributed by atoms with Gasteiger partial charge in [0.1, 0.15) is 0 Å². The quantitative estimate of drug-likeness (QED) is 0.425. The molecule has 2 aromatic rings. The van der Waals surface area contributed by atoms with Crippen molar-refractivity contribution in [2.45, 2.75) is 0 Å². The van der Waals surface area contributed by atoms with E-state index in [-0.39, 0.29) is 22.2 Å². The fraction of sp³-hybridized carbons (Fsp3) is 0. The second kappa shape index (κ2) is 5.56. The number of halogens is 3. The highest BCUT2D eigenvalue weighted by Crippen LogP contribution is 2.31. The van der Waals surface area contributed by atoms with E-state index in [1.807, 2.05) is 0 Å². The topological polar surface area (TPSA) is 58.0 Å². The van der Waals surface area contributed by atoms with Crippen LogP contribution in [-0.4, -0.2) is 0 Å². The minimum atomic E-state index is -0.775. The lowest BCUT2D eigenvalue weighted by molar-refractivity contribution is 0.415. The molecule has 0 saturated heterocycles. The van der Waals surface area contributed by atoms with Gasteiger partial charge >= 0.3 is 0 Å². The highest BCUT2D eigenvalue weighted by atomic mass is 35.5. The monoisotopic (exact) mass is 281 g/mol. The Balaban J connectivity index is 2.33. The third-order valence-corrected chi connectivity index (χ3v) is 2.50. The van der Waals surface area contributed by atoms with Crippen LogP contribution in [0.5, 0.6) is 11.5 Å². The first-order valence-corrected chi connectivity index (χ1v) is 5.46. The smallest absolute Gasteiger partial charge is 0.184 e. The molecule has 4 nitrogen and oxygen atoms in total. The number of hydrogen-bond acceptors (Lipinski definition) is 2. The van der Waals surface area contributed by atoms with Crippen LogP contribution in [0.2, 0.25) is 5.02 Å². The SMILES string of the molecule is [N-]=[N+]=Nc1ccc(Oc2cccc(Cl)c2F)c(F)c1. The first-order chi connectivity index (χ1) is 9.11. The highest BCUT2D eigenvalue weighted by Gasteiger charge is 2.11. The maximum Gasteiger partial charge on any atom is 0.184 e. The lowest BCUT2D eigenvalue weighted by atomic mass is 10.3. The van der Waals surface area contributed by atoms with E-state index in [1.165, 1.54) is 30.3 Å². The molecule has 0 amide bonds. The largest absolute Gasteiger partial charge is 0.451 e. The maximum absolute atomic E-state index is 13.6. The number of rotatable bonds is 3. The van der Waals surface area contributed by atoms with Crippen molar-refractivity contribution in [1.29, 1.82) is 0 Å². The van der Waals surface area contributed by atoms with E-state index in [9.17, 15) is 8.78 Å². The summed E-state index contributed by atoms with van der Waals surface area (Å²) in [6.45, 7) is 0. The zero-order chi connectivity index (χ0) is 13.8. The summed E-state index contributed by atoms with van der Waals surface area (Å²) in [5.74, 6) is -1.94. The van der Waals surface area contributed by atoms with Crippen molar-refractivity contribution in [3.8, 4) is 11.5 Å². The lowest BCUT2D eigenvalue weighted by Gasteiger charge is -2.08. The van der Waals surface area contributed by atoms with Crippen molar-refractivity contribution < 1.29 is 13.5 Å². The summed E-state index contributed by atoms with van der Waals surface area (Å²) in [5.41, 5.74) is 8.32. The van der Waals surface area contributed by atoms with Crippen LogP contribution in [0.25, 0.3) is 10.4 Å². The van der Waals surface area contributed by atoms with E-state index >= 15 is 0 Å². The van der Waals surface area contributed by atoms with Gasteiger partial charge in [0.2, 0.25) is 0 Å². The average Bonchev–Trinajstić information content (AvgIpc) is 2.38. The summed E-state index contributed by atoms with van der Waals surface area (Å²) in [6, 6.07) is 7.72. The van der Waals surface area contributed by atoms with Gasteiger partial charge < -0.3 is 4.74 Å². The van der Waals surface area contributed by atoms with Crippen LogP contribution in [0, 0.1) is 11.6 Å². The van der Waals surface area contributed by atoms with Gasteiger partial charge in [0.05, 0.1) is 5.02 Å². The van der Waals surface area contributed by atoms with E-state index in [1.54, 1.807) is 0 Å². The van der Waals surface area contributed by atoms with Gasteiger partial charge in [0, 0.05) is 10.6 Å². The number of benzene rings is 2. The highest BCUT2D eigenvalue weighted by molar-refractivity contribution is 6.30. The van der Waals surface area contributed by atoms with Crippen LogP contribution >= 0.6 is 11.6 Å². The first-order valence-electron chi connectivity index (χ1n) is 5.08. The molecule has 0 fully saturated rings. The zero-order valence-electron chi connectivity index (χ0n) is 9.35. The van der Waals surface area contributed by atoms with Crippen molar-refractivity contribution in [2.24, 2.45) is 5.11 Å². The number of nitrogens with zero attached hydrogens (tertiary/aromatic N) is 3. The molecule has 0 saturated carbocycles. The normalized spacial score (nSPS) is 9.84. The molecular weight excluding hydrogens is 276 g/mol. The van der Waals surface area contributed by atoms with Crippen LogP contribution < -0.4 is 4.74 Å². The average molecular weight is 282 g/mol. The van der Waals surface area contributed by atoms with Gasteiger partial charge in [-0.05, 0) is 35.9 Å². The molecule has 19 heavy (non-hydrogen) atoms. The van der Waals surface area contributed by atoms with Crippen LogP contribution in [0.3, 0.4) is 0 Å². The number of azide groups is 1. The lowest BCUT2D eigenvalue weighted by Crippen LogP contribution is -1.91. The fourth-order valence-electron chi connectivity index (χ4n) is 1.37. The van der Waals surface area contributed by atoms with E-state index in [4.69, 9.17) is 21.9 Å². The zero-order valence-corrected chi connectivity index (χ0v) is 10.1. The molecule has 0 bridgehead atoms. The van der Waals surface area contributed by atoms with Gasteiger partial charge in [-0.25, -0.2) is 8.78 Å². The second-order valence-electron chi connectivity index (χ2n) is 3.46. The van der Waals surface area contributed by atoms with Crippen molar-refractivity contribution in [2.75, 3.05) is 0 Å². The van der Waals surface area contributed by atoms with E-state index in [2.05, 4.69) is 10.0 Å². The Morgan fingerprint density at radius 1 is 1.16 bits per heavy atom. The summed E-state index contributed by atoms with van der Waals surface area (Å²) in [7, 11) is 0. The van der Waals surface area contributed by atoms with Crippen LogP contribution in [0.15, 0.2) is 41.5 Å². The van der Waals surface area contributed by atoms with Crippen LogP contribution in [0.4, 0.5) is 14.5 Å². The number of ether oxygens (including phenoxy) is 1. The molecule has 0 unspecified atom stereocenters. The Morgan fingerprint density at radius 2 is 1.95 bits per heavy atom. The Labute approximate surface area is 111 Å². The molecule has 0 aliphatic rings. The molecule has 0 atom stereocenters. The first kappa shape index (κ1) is 13.1. The Morgan fingerprint density at radius 3 is 2.63 bits per heavy atom. The minimum Gasteiger partial charge on any atom is -0.451 e. The van der Waals surface area contributed by atoms with Gasteiger partial charge in [-0.2, -0.15) is 0 Å². The summed E-state index contributed by atoms with van der Waals surface area (Å²) in [4.78, 5) is 2.53. The molecule has 96 valence electrons. The maximum atomic E-state index is 13.6. The molecule has 0 aliphatic heterocycles. The van der Waals surface area contributed by atoms with E-state index in [0.717, 1.165) is 6.07 Å². The van der Waals surface area contributed by atoms with E-state index < -0.39 is 11.6 Å². The van der Waals surface area contributed by atoms with Gasteiger partial charge in [0.15, 0.2) is 23.1 Å². The van der Waals surface area contributed by atoms with Crippen molar-refractivity contribution >= 4 is 17.3 Å². The van der Waals surface area contributed by atoms with Crippen LogP contribution in [0.1, 0.15) is 0 Å². The van der Waals surface area contributed by atoms with Crippen molar-refractivity contribution in [1.82, 2.24) is 0 Å². The summed E-state index contributed by atoms with van der Waals surface area (Å²) in [6.07, 6.45) is 0. The Bertz CT molecular complexity index is 672. The molecule has 0 radical (unpaired) electrons. The third kappa shape index (κ3) is 2.93. The minimum absolute atomic E-state index is 0.0962. The predicted octanol–water partition coefficient (Wildman–Crippen LogP) is 5.35. The number of hydrogen-bond donors (Lipinski definition) is 0. The molecule has 0 aromatic heterocycles. The summed E-state index contributed by atoms with van der Waals surface area (Å²) < 4.78 is 32.3. The molecule has 0 N–H and O–H groups in total. The standard InChI is InChI=1S/C12H6ClF2N3O/c13-8-2-1-3-11(12(8)15)19-10-5-4-7(17-18-16)6-9(10)14/h1-6H. The summed E-state index contributed by atoms with van der Waals surface area (Å²) in [5, 5.41) is 3.12. The van der Waals surface area contributed by atoms with Gasteiger partial charge in [-0.3, -0.25) is 0 Å². The molecule has 2 aromatic carbocycles. The van der Waals surface area contributed by atoms with Crippen molar-refractivity contribution in [3.05, 3.63) is 63.5 Å². The van der Waals surface area contributed by atoms with E-state index in [0.29, 0.717) is 0 Å². The summed E-state index contributed by atoms with van der Waals surface area (Å²) >= 11 is 5.58. The molecule has 2 rings (SSSR count). The fourth-order valence-corrected chi connectivity index (χ4v) is 1.53. The van der Waals surface area contributed by atoms with Crippen LogP contribution in [-0.2, 0) is 0 Å². The van der Waals surface area contributed by atoms with Crippen molar-refractivity contribution in [3.63, 3.8) is 0 Å². The van der Waals surface area contributed by atoms with Gasteiger partial charge in [-0.1, -0.05) is 22.8 Å². The Hall–Kier alpha value is -2.30. The Kier molecular flexibility index (Phi) is 3.85. The second-order valence-corrected chi connectivity index (χ2v) is 3.87. The predicted molar refractivity (Wildman–Crippen MR) is 66.7 cm³/mol. The molecule has 0 aliphatic carbocycles. The van der Waals surface area contributed by atoms with Gasteiger partial charge in [-0.15, -0.1) is 0 Å². The molecular formula is C12H6ClF2N3O. The van der Waals surface area contributed by atoms with Gasteiger partial charge in [0.25, 0.3) is 0 Å². The third-order valence-electron chi connectivity index (χ3n) is 2.21. The molecule has 0 spiro atoms. The molecule has 7 heteroatoms. The molecule has 0 heterocycles.